The Morgan fingerprint density at radius 1 is 0.846 bits per heavy atom. The first kappa shape index (κ1) is 18.6. The van der Waals surface area contributed by atoms with Crippen LogP contribution in [0, 0.1) is 0 Å². The molecule has 1 fully saturated rings. The maximum atomic E-state index is 5.69. The molecular formula is C16H20N4O4S2. The van der Waals surface area contributed by atoms with Crippen molar-refractivity contribution in [3.8, 4) is 0 Å². The lowest BCUT2D eigenvalue weighted by Crippen LogP contribution is -2.59. The van der Waals surface area contributed by atoms with Gasteiger partial charge in [0.1, 0.15) is 11.5 Å². The van der Waals surface area contributed by atoms with E-state index in [1.807, 2.05) is 24.3 Å². The molecule has 140 valence electrons. The third-order valence-electron chi connectivity index (χ3n) is 3.51. The van der Waals surface area contributed by atoms with Gasteiger partial charge in [0.15, 0.2) is 22.7 Å². The van der Waals surface area contributed by atoms with Gasteiger partial charge < -0.3 is 39.6 Å². The Morgan fingerprint density at radius 3 is 1.69 bits per heavy atom. The Kier molecular flexibility index (Phi) is 6.83. The van der Waals surface area contributed by atoms with Crippen LogP contribution in [0.5, 0.6) is 0 Å². The predicted octanol–water partition coefficient (Wildman–Crippen LogP) is 1.20. The lowest BCUT2D eigenvalue weighted by molar-refractivity contribution is -0.150. The second-order valence-corrected chi connectivity index (χ2v) is 6.21. The topological polar surface area (TPSA) is 92.9 Å². The third-order valence-corrected chi connectivity index (χ3v) is 4.03. The van der Waals surface area contributed by atoms with Crippen molar-refractivity contribution in [2.75, 3.05) is 13.2 Å². The molecule has 0 spiro atoms. The minimum absolute atomic E-state index is 0.429. The normalized spacial score (nSPS) is 19.5. The van der Waals surface area contributed by atoms with E-state index in [1.165, 1.54) is 0 Å². The highest BCUT2D eigenvalue weighted by molar-refractivity contribution is 7.80. The van der Waals surface area contributed by atoms with Gasteiger partial charge in [0.25, 0.3) is 0 Å². The Labute approximate surface area is 161 Å². The van der Waals surface area contributed by atoms with Crippen molar-refractivity contribution >= 4 is 34.7 Å². The van der Waals surface area contributed by atoms with E-state index in [2.05, 4.69) is 21.3 Å². The van der Waals surface area contributed by atoms with Gasteiger partial charge in [0, 0.05) is 0 Å². The molecular weight excluding hydrogens is 376 g/mol. The molecule has 0 aliphatic carbocycles. The summed E-state index contributed by atoms with van der Waals surface area (Å²) in [5.41, 5.74) is 0. The van der Waals surface area contributed by atoms with Crippen LogP contribution in [-0.2, 0) is 22.6 Å². The molecule has 0 saturated carbocycles. The van der Waals surface area contributed by atoms with Crippen LogP contribution < -0.4 is 21.3 Å². The largest absolute Gasteiger partial charge is 0.467 e. The van der Waals surface area contributed by atoms with Crippen LogP contribution in [0.15, 0.2) is 45.6 Å². The van der Waals surface area contributed by atoms with Crippen molar-refractivity contribution < 1.29 is 18.3 Å². The molecule has 3 rings (SSSR count). The molecule has 26 heavy (non-hydrogen) atoms. The van der Waals surface area contributed by atoms with Gasteiger partial charge in [-0.1, -0.05) is 0 Å². The maximum absolute atomic E-state index is 5.69. The number of hydrogen-bond donors (Lipinski definition) is 4. The van der Waals surface area contributed by atoms with Gasteiger partial charge >= 0.3 is 0 Å². The van der Waals surface area contributed by atoms with Crippen molar-refractivity contribution in [1.29, 1.82) is 0 Å². The molecule has 10 heteroatoms. The maximum Gasteiger partial charge on any atom is 0.174 e. The summed E-state index contributed by atoms with van der Waals surface area (Å²) in [5.74, 6) is 1.57. The van der Waals surface area contributed by atoms with Gasteiger partial charge in [0.05, 0.1) is 38.8 Å². The highest BCUT2D eigenvalue weighted by atomic mass is 32.1. The van der Waals surface area contributed by atoms with Crippen LogP contribution in [0.2, 0.25) is 0 Å². The molecule has 8 nitrogen and oxygen atoms in total. The fraction of sp³-hybridized carbons (Fsp3) is 0.375. The van der Waals surface area contributed by atoms with E-state index in [4.69, 9.17) is 42.7 Å². The third kappa shape index (κ3) is 5.70. The molecule has 0 bridgehead atoms. The first-order valence-corrected chi connectivity index (χ1v) is 8.89. The van der Waals surface area contributed by atoms with Crippen LogP contribution in [0.4, 0.5) is 0 Å². The summed E-state index contributed by atoms with van der Waals surface area (Å²) in [6.07, 6.45) is 2.26. The average Bonchev–Trinajstić information content (AvgIpc) is 3.34. The summed E-state index contributed by atoms with van der Waals surface area (Å²) < 4.78 is 21.9. The smallest absolute Gasteiger partial charge is 0.174 e. The molecule has 0 aromatic carbocycles. The summed E-state index contributed by atoms with van der Waals surface area (Å²) in [6, 6.07) is 7.37. The zero-order valence-electron chi connectivity index (χ0n) is 13.9. The molecule has 2 aromatic heterocycles. The lowest BCUT2D eigenvalue weighted by atomic mass is 10.4. The molecule has 0 radical (unpaired) electrons. The molecule has 2 aromatic rings. The quantitative estimate of drug-likeness (QED) is 0.534. The summed E-state index contributed by atoms with van der Waals surface area (Å²) in [7, 11) is 0. The Hall–Kier alpha value is -2.14. The second kappa shape index (κ2) is 9.53. The van der Waals surface area contributed by atoms with Crippen molar-refractivity contribution in [3.05, 3.63) is 48.3 Å². The van der Waals surface area contributed by atoms with Gasteiger partial charge in [-0.3, -0.25) is 0 Å². The van der Waals surface area contributed by atoms with Crippen LogP contribution in [0.3, 0.4) is 0 Å². The van der Waals surface area contributed by atoms with E-state index in [0.29, 0.717) is 36.5 Å². The summed E-state index contributed by atoms with van der Waals surface area (Å²) in [5, 5.41) is 13.1. The van der Waals surface area contributed by atoms with Gasteiger partial charge in [-0.25, -0.2) is 0 Å². The average molecular weight is 396 g/mol. The molecule has 3 heterocycles. The SMILES string of the molecule is S=C(NCc1ccco1)NC1OCCOC1NC(=S)NCc1ccco1. The van der Waals surface area contributed by atoms with E-state index >= 15 is 0 Å². The molecule has 1 saturated heterocycles. The molecule has 2 atom stereocenters. The summed E-state index contributed by atoms with van der Waals surface area (Å²) >= 11 is 10.6. The van der Waals surface area contributed by atoms with E-state index in [1.54, 1.807) is 12.5 Å². The number of nitrogens with one attached hydrogen (secondary N) is 4. The van der Waals surface area contributed by atoms with Crippen molar-refractivity contribution in [1.82, 2.24) is 21.3 Å². The van der Waals surface area contributed by atoms with E-state index in [0.717, 1.165) is 11.5 Å². The number of hydrogen-bond acceptors (Lipinski definition) is 6. The zero-order valence-corrected chi connectivity index (χ0v) is 15.5. The minimum Gasteiger partial charge on any atom is -0.467 e. The lowest BCUT2D eigenvalue weighted by Gasteiger charge is -2.34. The van der Waals surface area contributed by atoms with Crippen LogP contribution >= 0.6 is 24.4 Å². The number of ether oxygens (including phenoxy) is 2. The zero-order chi connectivity index (χ0) is 18.2. The van der Waals surface area contributed by atoms with Crippen molar-refractivity contribution in [3.63, 3.8) is 0 Å². The van der Waals surface area contributed by atoms with Crippen LogP contribution in [0.1, 0.15) is 11.5 Å². The number of thiocarbonyl (C=S) groups is 2. The number of furan rings is 2. The number of rotatable bonds is 6. The molecule has 2 unspecified atom stereocenters. The Balaban J connectivity index is 1.44. The summed E-state index contributed by atoms with van der Waals surface area (Å²) in [4.78, 5) is 0. The molecule has 1 aliphatic heterocycles. The van der Waals surface area contributed by atoms with Gasteiger partial charge in [-0.15, -0.1) is 0 Å². The van der Waals surface area contributed by atoms with Gasteiger partial charge in [-0.2, -0.15) is 0 Å². The first-order valence-electron chi connectivity index (χ1n) is 8.07. The first-order chi connectivity index (χ1) is 12.7. The monoisotopic (exact) mass is 396 g/mol. The van der Waals surface area contributed by atoms with Crippen molar-refractivity contribution in [2.24, 2.45) is 0 Å². The Bertz CT molecular complexity index is 633. The van der Waals surface area contributed by atoms with E-state index in [9.17, 15) is 0 Å². The van der Waals surface area contributed by atoms with Crippen molar-refractivity contribution in [2.45, 2.75) is 25.5 Å². The van der Waals surface area contributed by atoms with E-state index in [-0.39, 0.29) is 0 Å². The fourth-order valence-corrected chi connectivity index (χ4v) is 2.66. The minimum atomic E-state index is -0.483. The highest BCUT2D eigenvalue weighted by Crippen LogP contribution is 2.06. The van der Waals surface area contributed by atoms with E-state index < -0.39 is 12.5 Å². The molecule has 4 N–H and O–H groups in total. The fourth-order valence-electron chi connectivity index (χ4n) is 2.28. The van der Waals surface area contributed by atoms with Gasteiger partial charge in [-0.05, 0) is 48.7 Å². The Morgan fingerprint density at radius 2 is 1.31 bits per heavy atom. The standard InChI is InChI=1S/C16H20N4O4S2/c25-15(17-9-11-3-1-5-21-11)19-13-14(24-8-7-23-13)20-16(26)18-10-12-4-2-6-22-12/h1-6,13-14H,7-10H2,(H2,17,19,25)(H2,18,20,26). The van der Waals surface area contributed by atoms with Crippen LogP contribution in [0.25, 0.3) is 0 Å². The molecule has 0 amide bonds. The second-order valence-electron chi connectivity index (χ2n) is 5.40. The predicted molar refractivity (Wildman–Crippen MR) is 102 cm³/mol. The molecule has 1 aliphatic rings. The van der Waals surface area contributed by atoms with Gasteiger partial charge in [0.2, 0.25) is 0 Å². The highest BCUT2D eigenvalue weighted by Gasteiger charge is 2.28. The summed E-state index contributed by atoms with van der Waals surface area (Å²) in [6.45, 7) is 1.88. The van der Waals surface area contributed by atoms with Crippen LogP contribution in [-0.4, -0.2) is 35.9 Å².